The largest absolute Gasteiger partial charge is 0.493 e. The number of halogens is 2. The molecule has 0 radical (unpaired) electrons. The lowest BCUT2D eigenvalue weighted by atomic mass is 10.2. The molecule has 2 aromatic rings. The Hall–Kier alpha value is -1.82. The fraction of sp³-hybridized carbons (Fsp3) is 0.368. The third-order valence-electron chi connectivity index (χ3n) is 3.62. The predicted octanol–water partition coefficient (Wildman–Crippen LogP) is 4.19. The zero-order valence-corrected chi connectivity index (χ0v) is 15.2. The molecule has 0 saturated carbocycles. The Morgan fingerprint density at radius 2 is 1.84 bits per heavy atom. The SMILES string of the molecule is COCCCNCc1cc(Cl)c(OCc2ccc(F)cc2)c(OC)c1. The molecule has 0 heterocycles. The molecule has 6 heteroatoms. The van der Waals surface area contributed by atoms with E-state index in [1.807, 2.05) is 12.1 Å². The molecule has 0 unspecified atom stereocenters. The van der Waals surface area contributed by atoms with Crippen molar-refractivity contribution in [2.24, 2.45) is 0 Å². The highest BCUT2D eigenvalue weighted by Gasteiger charge is 2.12. The van der Waals surface area contributed by atoms with E-state index in [1.54, 1.807) is 26.4 Å². The second kappa shape index (κ2) is 10.2. The van der Waals surface area contributed by atoms with Crippen LogP contribution in [-0.4, -0.2) is 27.4 Å². The molecule has 0 aliphatic rings. The van der Waals surface area contributed by atoms with Gasteiger partial charge >= 0.3 is 0 Å². The zero-order chi connectivity index (χ0) is 18.1. The third-order valence-corrected chi connectivity index (χ3v) is 3.90. The highest BCUT2D eigenvalue weighted by molar-refractivity contribution is 6.32. The van der Waals surface area contributed by atoms with Crippen LogP contribution in [0.1, 0.15) is 17.5 Å². The van der Waals surface area contributed by atoms with Crippen LogP contribution in [0.25, 0.3) is 0 Å². The number of nitrogens with one attached hydrogen (secondary N) is 1. The Labute approximate surface area is 152 Å². The number of ether oxygens (including phenoxy) is 3. The number of methoxy groups -OCH3 is 2. The lowest BCUT2D eigenvalue weighted by Gasteiger charge is -2.15. The minimum absolute atomic E-state index is 0.276. The van der Waals surface area contributed by atoms with Gasteiger partial charge in [-0.25, -0.2) is 4.39 Å². The van der Waals surface area contributed by atoms with E-state index in [4.69, 9.17) is 25.8 Å². The van der Waals surface area contributed by atoms with Crippen molar-refractivity contribution in [2.45, 2.75) is 19.6 Å². The van der Waals surface area contributed by atoms with Crippen LogP contribution in [0.15, 0.2) is 36.4 Å². The molecule has 0 aliphatic heterocycles. The summed E-state index contributed by atoms with van der Waals surface area (Å²) in [6.45, 7) is 2.55. The summed E-state index contributed by atoms with van der Waals surface area (Å²) in [5.41, 5.74) is 1.86. The Balaban J connectivity index is 1.99. The van der Waals surface area contributed by atoms with Crippen molar-refractivity contribution in [3.05, 3.63) is 58.4 Å². The summed E-state index contributed by atoms with van der Waals surface area (Å²) in [6.07, 6.45) is 0.945. The first-order chi connectivity index (χ1) is 12.1. The van der Waals surface area contributed by atoms with Gasteiger partial charge in [0, 0.05) is 20.3 Å². The van der Waals surface area contributed by atoms with Gasteiger partial charge in [-0.3, -0.25) is 0 Å². The second-order valence-corrected chi connectivity index (χ2v) is 5.95. The number of benzene rings is 2. The van der Waals surface area contributed by atoms with Crippen molar-refractivity contribution in [3.63, 3.8) is 0 Å². The molecule has 0 amide bonds. The van der Waals surface area contributed by atoms with E-state index in [9.17, 15) is 4.39 Å². The van der Waals surface area contributed by atoms with Gasteiger partial charge in [0.05, 0.1) is 12.1 Å². The average molecular weight is 368 g/mol. The van der Waals surface area contributed by atoms with Gasteiger partial charge in [-0.05, 0) is 48.4 Å². The molecule has 0 atom stereocenters. The van der Waals surface area contributed by atoms with Crippen LogP contribution in [0, 0.1) is 5.82 Å². The number of hydrogen-bond acceptors (Lipinski definition) is 4. The van der Waals surface area contributed by atoms with Crippen molar-refractivity contribution < 1.29 is 18.6 Å². The van der Waals surface area contributed by atoms with Gasteiger partial charge in [-0.1, -0.05) is 23.7 Å². The summed E-state index contributed by atoms with van der Waals surface area (Å²) < 4.78 is 29.2. The maximum atomic E-state index is 13.0. The van der Waals surface area contributed by atoms with Crippen LogP contribution in [0.3, 0.4) is 0 Å². The predicted molar refractivity (Wildman–Crippen MR) is 96.9 cm³/mol. The summed E-state index contributed by atoms with van der Waals surface area (Å²) in [5, 5.41) is 3.81. The van der Waals surface area contributed by atoms with E-state index in [2.05, 4.69) is 5.32 Å². The maximum Gasteiger partial charge on any atom is 0.180 e. The van der Waals surface area contributed by atoms with E-state index in [0.717, 1.165) is 30.7 Å². The van der Waals surface area contributed by atoms with Crippen LogP contribution in [0.2, 0.25) is 5.02 Å². The first kappa shape index (κ1) is 19.5. The number of hydrogen-bond donors (Lipinski definition) is 1. The highest BCUT2D eigenvalue weighted by Crippen LogP contribution is 2.37. The van der Waals surface area contributed by atoms with Crippen molar-refractivity contribution in [3.8, 4) is 11.5 Å². The molecule has 0 bridgehead atoms. The normalized spacial score (nSPS) is 10.7. The second-order valence-electron chi connectivity index (χ2n) is 5.55. The fourth-order valence-corrected chi connectivity index (χ4v) is 2.61. The van der Waals surface area contributed by atoms with Gasteiger partial charge in [-0.15, -0.1) is 0 Å². The first-order valence-corrected chi connectivity index (χ1v) is 8.45. The van der Waals surface area contributed by atoms with Crippen LogP contribution < -0.4 is 14.8 Å². The molecule has 25 heavy (non-hydrogen) atoms. The van der Waals surface area contributed by atoms with E-state index in [-0.39, 0.29) is 12.4 Å². The van der Waals surface area contributed by atoms with Crippen LogP contribution in [0.5, 0.6) is 11.5 Å². The topological polar surface area (TPSA) is 39.7 Å². The first-order valence-electron chi connectivity index (χ1n) is 8.07. The van der Waals surface area contributed by atoms with Crippen molar-refractivity contribution >= 4 is 11.6 Å². The Bertz CT molecular complexity index is 664. The van der Waals surface area contributed by atoms with Gasteiger partial charge in [0.25, 0.3) is 0 Å². The Morgan fingerprint density at radius 3 is 2.52 bits per heavy atom. The summed E-state index contributed by atoms with van der Waals surface area (Å²) in [4.78, 5) is 0. The van der Waals surface area contributed by atoms with E-state index in [0.29, 0.717) is 23.1 Å². The summed E-state index contributed by atoms with van der Waals surface area (Å²) in [5.74, 6) is 0.779. The number of rotatable bonds is 10. The van der Waals surface area contributed by atoms with E-state index < -0.39 is 0 Å². The molecule has 136 valence electrons. The van der Waals surface area contributed by atoms with Gasteiger partial charge in [0.1, 0.15) is 12.4 Å². The van der Waals surface area contributed by atoms with Crippen molar-refractivity contribution in [1.29, 1.82) is 0 Å². The summed E-state index contributed by atoms with van der Waals surface area (Å²) >= 11 is 6.35. The average Bonchev–Trinajstić information content (AvgIpc) is 2.61. The molecule has 4 nitrogen and oxygen atoms in total. The molecular weight excluding hydrogens is 345 g/mol. The van der Waals surface area contributed by atoms with Crippen LogP contribution in [-0.2, 0) is 17.9 Å². The van der Waals surface area contributed by atoms with Gasteiger partial charge in [0.2, 0.25) is 0 Å². The quantitative estimate of drug-likeness (QED) is 0.639. The van der Waals surface area contributed by atoms with Gasteiger partial charge in [-0.2, -0.15) is 0 Å². The highest BCUT2D eigenvalue weighted by atomic mass is 35.5. The van der Waals surface area contributed by atoms with Crippen LogP contribution in [0.4, 0.5) is 4.39 Å². The van der Waals surface area contributed by atoms with Crippen molar-refractivity contribution in [1.82, 2.24) is 5.32 Å². The third kappa shape index (κ3) is 6.20. The Kier molecular flexibility index (Phi) is 7.98. The molecule has 2 aromatic carbocycles. The lowest BCUT2D eigenvalue weighted by Crippen LogP contribution is -2.16. The lowest BCUT2D eigenvalue weighted by molar-refractivity contribution is 0.194. The molecular formula is C19H23ClFNO3. The molecule has 0 fully saturated rings. The van der Waals surface area contributed by atoms with E-state index >= 15 is 0 Å². The van der Waals surface area contributed by atoms with E-state index in [1.165, 1.54) is 12.1 Å². The monoisotopic (exact) mass is 367 g/mol. The molecule has 0 spiro atoms. The zero-order valence-electron chi connectivity index (χ0n) is 14.5. The maximum absolute atomic E-state index is 13.0. The van der Waals surface area contributed by atoms with Gasteiger partial charge < -0.3 is 19.5 Å². The Morgan fingerprint density at radius 1 is 1.08 bits per heavy atom. The molecule has 1 N–H and O–H groups in total. The van der Waals surface area contributed by atoms with Gasteiger partial charge in [0.15, 0.2) is 11.5 Å². The summed E-state index contributed by atoms with van der Waals surface area (Å²) in [7, 11) is 3.27. The minimum atomic E-state index is -0.276. The molecule has 0 aromatic heterocycles. The molecule has 2 rings (SSSR count). The molecule has 0 saturated heterocycles. The summed E-state index contributed by atoms with van der Waals surface area (Å²) in [6, 6.07) is 9.90. The standard InChI is InChI=1S/C19H23ClFNO3/c1-23-9-3-8-22-12-15-10-17(20)19(18(11-15)24-2)25-13-14-4-6-16(21)7-5-14/h4-7,10-11,22H,3,8-9,12-13H2,1-2H3. The fourth-order valence-electron chi connectivity index (χ4n) is 2.33. The van der Waals surface area contributed by atoms with Crippen LogP contribution >= 0.6 is 11.6 Å². The smallest absolute Gasteiger partial charge is 0.180 e. The molecule has 0 aliphatic carbocycles. The minimum Gasteiger partial charge on any atom is -0.493 e. The van der Waals surface area contributed by atoms with Crippen molar-refractivity contribution in [2.75, 3.05) is 27.4 Å².